The monoisotopic (exact) mass is 585 g/mol. The quantitative estimate of drug-likeness (QED) is 0.253. The van der Waals surface area contributed by atoms with E-state index in [1.54, 1.807) is 45.0 Å². The Morgan fingerprint density at radius 3 is 2.12 bits per heavy atom. The molecule has 1 saturated carbocycles. The summed E-state index contributed by atoms with van der Waals surface area (Å²) in [5.41, 5.74) is 2.68. The van der Waals surface area contributed by atoms with Gasteiger partial charge in [-0.2, -0.15) is 0 Å². The van der Waals surface area contributed by atoms with Crippen molar-refractivity contribution < 1.29 is 23.9 Å². The van der Waals surface area contributed by atoms with E-state index in [0.717, 1.165) is 48.1 Å². The van der Waals surface area contributed by atoms with Crippen LogP contribution in [0.3, 0.4) is 0 Å². The minimum Gasteiger partial charge on any atom is -0.489 e. The highest BCUT2D eigenvalue weighted by Crippen LogP contribution is 2.19. The molecule has 3 amide bonds. The van der Waals surface area contributed by atoms with Crippen LogP contribution in [-0.2, 0) is 29.1 Å². The fraction of sp³-hybridized carbons (Fsp3) is 0.400. The van der Waals surface area contributed by atoms with Crippen LogP contribution in [0.5, 0.6) is 5.75 Å². The van der Waals surface area contributed by atoms with Gasteiger partial charge in [-0.1, -0.05) is 73.9 Å². The average molecular weight is 586 g/mol. The van der Waals surface area contributed by atoms with Gasteiger partial charge < -0.3 is 25.4 Å². The summed E-state index contributed by atoms with van der Waals surface area (Å²) >= 11 is 0. The van der Waals surface area contributed by atoms with Gasteiger partial charge in [-0.05, 0) is 74.6 Å². The molecule has 3 aromatic carbocycles. The molecular formula is C35H43N3O5. The molecule has 0 spiro atoms. The molecule has 1 aliphatic carbocycles. The van der Waals surface area contributed by atoms with Gasteiger partial charge in [-0.25, -0.2) is 4.79 Å². The van der Waals surface area contributed by atoms with Gasteiger partial charge in [0, 0.05) is 24.6 Å². The fourth-order valence-electron chi connectivity index (χ4n) is 4.96. The molecule has 3 aromatic rings. The lowest BCUT2D eigenvalue weighted by molar-refractivity contribution is -0.123. The lowest BCUT2D eigenvalue weighted by Crippen LogP contribution is -2.51. The summed E-state index contributed by atoms with van der Waals surface area (Å²) in [4.78, 5) is 38.6. The number of ether oxygens (including phenoxy) is 2. The van der Waals surface area contributed by atoms with E-state index < -0.39 is 17.7 Å². The van der Waals surface area contributed by atoms with Crippen LogP contribution in [0, 0.1) is 0 Å². The SMILES string of the molecule is CC(C)(C)OC(=O)NCc1ccc(C(=O)N[C@@H](Cc2ccc(OCc3ccccc3)cc2)C(=O)NC2CCCCC2)cc1. The number of amides is 3. The maximum atomic E-state index is 13.4. The van der Waals surface area contributed by atoms with E-state index in [-0.39, 0.29) is 24.4 Å². The summed E-state index contributed by atoms with van der Waals surface area (Å²) in [6.07, 6.45) is 5.15. The van der Waals surface area contributed by atoms with Crippen LogP contribution < -0.4 is 20.7 Å². The summed E-state index contributed by atoms with van der Waals surface area (Å²) in [7, 11) is 0. The van der Waals surface area contributed by atoms with Crippen LogP contribution in [-0.4, -0.2) is 35.6 Å². The zero-order chi connectivity index (χ0) is 30.7. The number of alkyl carbamates (subject to hydrolysis) is 1. The van der Waals surface area contributed by atoms with Gasteiger partial charge in [0.25, 0.3) is 5.91 Å². The van der Waals surface area contributed by atoms with E-state index in [1.807, 2.05) is 54.6 Å². The molecule has 0 saturated heterocycles. The van der Waals surface area contributed by atoms with Crippen molar-refractivity contribution in [3.05, 3.63) is 101 Å². The van der Waals surface area contributed by atoms with Crippen molar-refractivity contribution in [1.29, 1.82) is 0 Å². The van der Waals surface area contributed by atoms with E-state index in [4.69, 9.17) is 9.47 Å². The molecule has 8 nitrogen and oxygen atoms in total. The van der Waals surface area contributed by atoms with Crippen LogP contribution in [0.25, 0.3) is 0 Å². The molecule has 8 heteroatoms. The highest BCUT2D eigenvalue weighted by Gasteiger charge is 2.25. The molecule has 43 heavy (non-hydrogen) atoms. The average Bonchev–Trinajstić information content (AvgIpc) is 2.99. The van der Waals surface area contributed by atoms with Crippen molar-refractivity contribution >= 4 is 17.9 Å². The fourth-order valence-corrected chi connectivity index (χ4v) is 4.96. The number of nitrogens with one attached hydrogen (secondary N) is 3. The Labute approximate surface area is 254 Å². The Morgan fingerprint density at radius 1 is 0.814 bits per heavy atom. The first-order valence-corrected chi connectivity index (χ1v) is 15.1. The van der Waals surface area contributed by atoms with Gasteiger partial charge in [-0.15, -0.1) is 0 Å². The molecule has 4 rings (SSSR count). The van der Waals surface area contributed by atoms with Gasteiger partial charge in [0.1, 0.15) is 24.0 Å². The molecule has 0 heterocycles. The van der Waals surface area contributed by atoms with E-state index in [2.05, 4.69) is 16.0 Å². The van der Waals surface area contributed by atoms with E-state index in [0.29, 0.717) is 18.6 Å². The molecule has 1 fully saturated rings. The van der Waals surface area contributed by atoms with Crippen molar-refractivity contribution in [2.75, 3.05) is 0 Å². The Hall–Kier alpha value is -4.33. The minimum absolute atomic E-state index is 0.131. The van der Waals surface area contributed by atoms with Crippen LogP contribution in [0.1, 0.15) is 79.9 Å². The molecule has 0 aromatic heterocycles. The summed E-state index contributed by atoms with van der Waals surface area (Å²) in [6.45, 7) is 6.16. The Kier molecular flexibility index (Phi) is 11.2. The lowest BCUT2D eigenvalue weighted by Gasteiger charge is -2.26. The van der Waals surface area contributed by atoms with Crippen molar-refractivity contribution in [3.63, 3.8) is 0 Å². The van der Waals surface area contributed by atoms with Crippen molar-refractivity contribution in [2.24, 2.45) is 0 Å². The summed E-state index contributed by atoms with van der Waals surface area (Å²) in [5, 5.41) is 8.84. The number of carbonyl (C=O) groups excluding carboxylic acids is 3. The Bertz CT molecular complexity index is 1330. The largest absolute Gasteiger partial charge is 0.489 e. The number of rotatable bonds is 11. The smallest absolute Gasteiger partial charge is 0.407 e. The Morgan fingerprint density at radius 2 is 1.47 bits per heavy atom. The zero-order valence-corrected chi connectivity index (χ0v) is 25.4. The van der Waals surface area contributed by atoms with Crippen molar-refractivity contribution in [3.8, 4) is 5.75 Å². The maximum absolute atomic E-state index is 13.4. The van der Waals surface area contributed by atoms with Gasteiger partial charge in [0.05, 0.1) is 0 Å². The zero-order valence-electron chi connectivity index (χ0n) is 25.4. The predicted molar refractivity (Wildman–Crippen MR) is 167 cm³/mol. The van der Waals surface area contributed by atoms with Gasteiger partial charge >= 0.3 is 6.09 Å². The van der Waals surface area contributed by atoms with Crippen molar-refractivity contribution in [2.45, 2.75) is 90.1 Å². The third-order valence-corrected chi connectivity index (χ3v) is 7.24. The number of hydrogen-bond acceptors (Lipinski definition) is 5. The first kappa shape index (κ1) is 31.6. The van der Waals surface area contributed by atoms with Crippen LogP contribution in [0.15, 0.2) is 78.9 Å². The highest BCUT2D eigenvalue weighted by molar-refractivity contribution is 5.97. The number of carbonyl (C=O) groups is 3. The van der Waals surface area contributed by atoms with Crippen LogP contribution in [0.4, 0.5) is 4.79 Å². The first-order chi connectivity index (χ1) is 20.6. The van der Waals surface area contributed by atoms with Crippen LogP contribution in [0.2, 0.25) is 0 Å². The second kappa shape index (κ2) is 15.2. The topological polar surface area (TPSA) is 106 Å². The second-order valence-electron chi connectivity index (χ2n) is 12.0. The summed E-state index contributed by atoms with van der Waals surface area (Å²) in [5.74, 6) is 0.224. The predicted octanol–water partition coefficient (Wildman–Crippen LogP) is 6.08. The minimum atomic E-state index is -0.737. The molecule has 3 N–H and O–H groups in total. The standard InChI is InChI=1S/C35H43N3O5/c1-35(2,3)43-34(41)36-23-26-14-18-28(19-15-26)32(39)38-31(33(40)37-29-12-8-5-9-13-29)22-25-16-20-30(21-17-25)42-24-27-10-6-4-7-11-27/h4,6-7,10-11,14-21,29,31H,5,8-9,12-13,22-24H2,1-3H3,(H,36,41)(H,37,40)(H,38,39)/t31-/m0/s1. The van der Waals surface area contributed by atoms with Gasteiger partial charge in [0.2, 0.25) is 5.91 Å². The lowest BCUT2D eigenvalue weighted by atomic mass is 9.95. The maximum Gasteiger partial charge on any atom is 0.407 e. The normalized spacial score (nSPS) is 14.3. The van der Waals surface area contributed by atoms with E-state index in [9.17, 15) is 14.4 Å². The van der Waals surface area contributed by atoms with Crippen LogP contribution >= 0.6 is 0 Å². The molecule has 1 atom stereocenters. The number of hydrogen-bond donors (Lipinski definition) is 3. The molecule has 0 unspecified atom stereocenters. The molecular weight excluding hydrogens is 542 g/mol. The van der Waals surface area contributed by atoms with Gasteiger partial charge in [-0.3, -0.25) is 9.59 Å². The van der Waals surface area contributed by atoms with Crippen molar-refractivity contribution in [1.82, 2.24) is 16.0 Å². The molecule has 0 aliphatic heterocycles. The molecule has 0 radical (unpaired) electrons. The third-order valence-electron chi connectivity index (χ3n) is 7.24. The van der Waals surface area contributed by atoms with E-state index in [1.165, 1.54) is 6.42 Å². The molecule has 228 valence electrons. The second-order valence-corrected chi connectivity index (χ2v) is 12.0. The third kappa shape index (κ3) is 10.8. The summed E-state index contributed by atoms with van der Waals surface area (Å²) < 4.78 is 11.2. The Balaban J connectivity index is 1.38. The summed E-state index contributed by atoms with van der Waals surface area (Å²) in [6, 6.07) is 23.9. The number of benzene rings is 3. The first-order valence-electron chi connectivity index (χ1n) is 15.1. The molecule has 1 aliphatic rings. The highest BCUT2D eigenvalue weighted by atomic mass is 16.6. The molecule has 0 bridgehead atoms. The van der Waals surface area contributed by atoms with E-state index >= 15 is 0 Å². The van der Waals surface area contributed by atoms with Gasteiger partial charge in [0.15, 0.2) is 0 Å².